The first-order chi connectivity index (χ1) is 15.2. The molecule has 0 fully saturated rings. The first kappa shape index (κ1) is 23.2. The van der Waals surface area contributed by atoms with Gasteiger partial charge in [0, 0.05) is 11.4 Å². The average Bonchev–Trinajstić information content (AvgIpc) is 2.74. The Balaban J connectivity index is 1.75. The Kier molecular flexibility index (Phi) is 7.44. The number of nitrogens with one attached hydrogen (secondary N) is 3. The largest absolute Gasteiger partial charge is 0.324 e. The van der Waals surface area contributed by atoms with Gasteiger partial charge in [-0.3, -0.25) is 14.9 Å². The summed E-state index contributed by atoms with van der Waals surface area (Å²) in [6, 6.07) is 18.8. The van der Waals surface area contributed by atoms with E-state index in [2.05, 4.69) is 16.0 Å². The predicted octanol–water partition coefficient (Wildman–Crippen LogP) is 5.14. The van der Waals surface area contributed by atoms with Crippen molar-refractivity contribution in [3.8, 4) is 0 Å². The number of aryl methyl sites for hydroxylation is 5. The zero-order chi connectivity index (χ0) is 23.3. The van der Waals surface area contributed by atoms with Gasteiger partial charge in [0.25, 0.3) is 0 Å². The molecule has 1 unspecified atom stereocenters. The number of amides is 2. The summed E-state index contributed by atoms with van der Waals surface area (Å²) >= 11 is 0. The van der Waals surface area contributed by atoms with E-state index < -0.39 is 6.04 Å². The molecule has 2 amide bonds. The Morgan fingerprint density at radius 2 is 1.41 bits per heavy atom. The lowest BCUT2D eigenvalue weighted by molar-refractivity contribution is -0.119. The first-order valence-electron chi connectivity index (χ1n) is 10.8. The highest BCUT2D eigenvalue weighted by Gasteiger charge is 2.22. The van der Waals surface area contributed by atoms with Crippen LogP contribution in [0.4, 0.5) is 11.4 Å². The summed E-state index contributed by atoms with van der Waals surface area (Å²) in [7, 11) is 0. The van der Waals surface area contributed by atoms with Gasteiger partial charge in [0.2, 0.25) is 11.8 Å². The van der Waals surface area contributed by atoms with Crippen LogP contribution in [0.15, 0.2) is 60.7 Å². The van der Waals surface area contributed by atoms with Crippen LogP contribution in [-0.2, 0) is 9.59 Å². The number of carbonyl (C=O) groups excluding carboxylic acids is 2. The highest BCUT2D eigenvalue weighted by molar-refractivity contribution is 5.98. The van der Waals surface area contributed by atoms with E-state index in [4.69, 9.17) is 0 Å². The lowest BCUT2D eigenvalue weighted by Crippen LogP contribution is -2.38. The molecule has 32 heavy (non-hydrogen) atoms. The Hall–Kier alpha value is -3.44. The SMILES string of the molecule is Cc1cc(C)c(NC(=O)CNC(C(=O)Nc2cc(C)ccc2C)c2ccccc2)c(C)c1. The highest BCUT2D eigenvalue weighted by Crippen LogP contribution is 2.22. The zero-order valence-corrected chi connectivity index (χ0v) is 19.4. The van der Waals surface area contributed by atoms with Gasteiger partial charge in [-0.1, -0.05) is 60.2 Å². The summed E-state index contributed by atoms with van der Waals surface area (Å²) in [4.78, 5) is 25.9. The predicted molar refractivity (Wildman–Crippen MR) is 131 cm³/mol. The molecule has 166 valence electrons. The Morgan fingerprint density at radius 1 is 0.750 bits per heavy atom. The van der Waals surface area contributed by atoms with Crippen LogP contribution in [0.1, 0.15) is 39.4 Å². The van der Waals surface area contributed by atoms with Crippen molar-refractivity contribution in [3.63, 3.8) is 0 Å². The molecule has 1 atom stereocenters. The number of anilines is 2. The summed E-state index contributed by atoms with van der Waals surface area (Å²) in [5.41, 5.74) is 7.63. The lowest BCUT2D eigenvalue weighted by atomic mass is 10.0. The molecule has 3 rings (SSSR count). The quantitative estimate of drug-likeness (QED) is 0.487. The third kappa shape index (κ3) is 5.83. The van der Waals surface area contributed by atoms with Gasteiger partial charge in [0.1, 0.15) is 6.04 Å². The number of rotatable bonds is 7. The summed E-state index contributed by atoms with van der Waals surface area (Å²) < 4.78 is 0. The van der Waals surface area contributed by atoms with Gasteiger partial charge in [-0.15, -0.1) is 0 Å². The van der Waals surface area contributed by atoms with Crippen LogP contribution in [0, 0.1) is 34.6 Å². The monoisotopic (exact) mass is 429 g/mol. The van der Waals surface area contributed by atoms with Gasteiger partial charge in [0.05, 0.1) is 6.54 Å². The summed E-state index contributed by atoms with van der Waals surface area (Å²) in [5, 5.41) is 9.14. The summed E-state index contributed by atoms with van der Waals surface area (Å²) in [6.45, 7) is 9.95. The fourth-order valence-electron chi connectivity index (χ4n) is 3.84. The molecule has 0 aromatic heterocycles. The molecule has 0 aliphatic heterocycles. The number of carbonyl (C=O) groups is 2. The second-order valence-electron chi connectivity index (χ2n) is 8.35. The minimum atomic E-state index is -0.665. The van der Waals surface area contributed by atoms with Crippen molar-refractivity contribution in [2.75, 3.05) is 17.2 Å². The van der Waals surface area contributed by atoms with Crippen molar-refractivity contribution < 1.29 is 9.59 Å². The fraction of sp³-hybridized carbons (Fsp3) is 0.259. The maximum atomic E-state index is 13.2. The molecular formula is C27H31N3O2. The van der Waals surface area contributed by atoms with Crippen LogP contribution in [0.25, 0.3) is 0 Å². The van der Waals surface area contributed by atoms with E-state index in [1.54, 1.807) is 0 Å². The van der Waals surface area contributed by atoms with Crippen LogP contribution in [-0.4, -0.2) is 18.4 Å². The highest BCUT2D eigenvalue weighted by atomic mass is 16.2. The first-order valence-corrected chi connectivity index (χ1v) is 10.8. The summed E-state index contributed by atoms with van der Waals surface area (Å²) in [5.74, 6) is -0.402. The van der Waals surface area contributed by atoms with Crippen molar-refractivity contribution in [3.05, 3.63) is 94.0 Å². The molecule has 0 aliphatic carbocycles. The Bertz CT molecular complexity index is 1100. The minimum Gasteiger partial charge on any atom is -0.324 e. The van der Waals surface area contributed by atoms with Crippen LogP contribution >= 0.6 is 0 Å². The molecule has 0 spiro atoms. The van der Waals surface area contributed by atoms with Gasteiger partial charge < -0.3 is 10.6 Å². The van der Waals surface area contributed by atoms with Crippen LogP contribution in [0.2, 0.25) is 0 Å². The van der Waals surface area contributed by atoms with E-state index >= 15 is 0 Å². The van der Waals surface area contributed by atoms with E-state index in [0.29, 0.717) is 0 Å². The van der Waals surface area contributed by atoms with Gasteiger partial charge in [-0.25, -0.2) is 0 Å². The van der Waals surface area contributed by atoms with Crippen LogP contribution in [0.5, 0.6) is 0 Å². The molecular weight excluding hydrogens is 398 g/mol. The van der Waals surface area contributed by atoms with E-state index in [0.717, 1.165) is 44.8 Å². The topological polar surface area (TPSA) is 70.2 Å². The van der Waals surface area contributed by atoms with Gasteiger partial charge in [0.15, 0.2) is 0 Å². The van der Waals surface area contributed by atoms with E-state index in [-0.39, 0.29) is 18.4 Å². The van der Waals surface area contributed by atoms with Crippen molar-refractivity contribution >= 4 is 23.2 Å². The molecule has 5 heteroatoms. The van der Waals surface area contributed by atoms with Crippen molar-refractivity contribution in [2.24, 2.45) is 0 Å². The smallest absolute Gasteiger partial charge is 0.246 e. The molecule has 0 saturated heterocycles. The second-order valence-corrected chi connectivity index (χ2v) is 8.35. The van der Waals surface area contributed by atoms with Crippen LogP contribution in [0.3, 0.4) is 0 Å². The zero-order valence-electron chi connectivity index (χ0n) is 19.4. The molecule has 0 bridgehead atoms. The normalized spacial score (nSPS) is 11.7. The van der Waals surface area contributed by atoms with Gasteiger partial charge >= 0.3 is 0 Å². The van der Waals surface area contributed by atoms with Crippen molar-refractivity contribution in [1.29, 1.82) is 0 Å². The molecule has 0 heterocycles. The third-order valence-corrected chi connectivity index (χ3v) is 5.45. The second kappa shape index (κ2) is 10.2. The maximum Gasteiger partial charge on any atom is 0.246 e. The molecule has 0 radical (unpaired) electrons. The minimum absolute atomic E-state index is 0.00649. The average molecular weight is 430 g/mol. The van der Waals surface area contributed by atoms with Crippen molar-refractivity contribution in [2.45, 2.75) is 40.7 Å². The number of benzene rings is 3. The third-order valence-electron chi connectivity index (χ3n) is 5.45. The van der Waals surface area contributed by atoms with Crippen LogP contribution < -0.4 is 16.0 Å². The Morgan fingerprint density at radius 3 is 2.06 bits per heavy atom. The van der Waals surface area contributed by atoms with Gasteiger partial charge in [-0.05, 0) is 68.5 Å². The number of hydrogen-bond donors (Lipinski definition) is 3. The number of hydrogen-bond acceptors (Lipinski definition) is 3. The molecule has 3 aromatic carbocycles. The molecule has 3 aromatic rings. The van der Waals surface area contributed by atoms with E-state index in [1.807, 2.05) is 95.3 Å². The molecule has 5 nitrogen and oxygen atoms in total. The molecule has 0 saturated carbocycles. The molecule has 0 aliphatic rings. The van der Waals surface area contributed by atoms with E-state index in [1.165, 1.54) is 0 Å². The fourth-order valence-corrected chi connectivity index (χ4v) is 3.84. The Labute approximate surface area is 190 Å². The summed E-state index contributed by atoms with van der Waals surface area (Å²) in [6.07, 6.45) is 0. The standard InChI is InChI=1S/C27H31N3O2/c1-17-11-12-19(3)23(15-17)29-27(32)26(22-9-7-6-8-10-22)28-16-24(31)30-25-20(4)13-18(2)14-21(25)5/h6-15,26,28H,16H2,1-5H3,(H,29,32)(H,30,31). The maximum absolute atomic E-state index is 13.2. The van der Waals surface area contributed by atoms with Gasteiger partial charge in [-0.2, -0.15) is 0 Å². The van der Waals surface area contributed by atoms with E-state index in [9.17, 15) is 9.59 Å². The van der Waals surface area contributed by atoms with Crippen molar-refractivity contribution in [1.82, 2.24) is 5.32 Å². The molecule has 3 N–H and O–H groups in total. The lowest BCUT2D eigenvalue weighted by Gasteiger charge is -2.20.